The van der Waals surface area contributed by atoms with Crippen LogP contribution in [0.3, 0.4) is 0 Å². The number of oxime groups is 1. The number of nitro benzene ring substituents is 1. The first kappa shape index (κ1) is 19.0. The maximum absolute atomic E-state index is 12.1. The first-order valence-corrected chi connectivity index (χ1v) is 8.71. The number of nitro groups is 1. The molecule has 0 aliphatic carbocycles. The zero-order valence-corrected chi connectivity index (χ0v) is 15.2. The summed E-state index contributed by atoms with van der Waals surface area (Å²) in [6, 6.07) is 20.0. The van der Waals surface area contributed by atoms with Gasteiger partial charge < -0.3 is 10.2 Å². The molecule has 0 aliphatic heterocycles. The van der Waals surface area contributed by atoms with E-state index in [2.05, 4.69) is 10.5 Å². The average molecular weight is 377 g/mol. The molecule has 3 rings (SSSR count). The van der Waals surface area contributed by atoms with Crippen molar-refractivity contribution in [2.24, 2.45) is 5.16 Å². The fraction of sp³-hybridized carbons (Fsp3) is 0.143. The number of carbonyl (C=O) groups is 1. The summed E-state index contributed by atoms with van der Waals surface area (Å²) >= 11 is 0. The topological polar surface area (TPSA) is 93.8 Å². The van der Waals surface area contributed by atoms with Crippen LogP contribution in [0.4, 0.5) is 5.69 Å². The van der Waals surface area contributed by atoms with E-state index in [9.17, 15) is 14.9 Å². The number of para-hydroxylation sites is 1. The first-order chi connectivity index (χ1) is 13.5. The van der Waals surface area contributed by atoms with E-state index >= 15 is 0 Å². The monoisotopic (exact) mass is 377 g/mol. The lowest BCUT2D eigenvalue weighted by atomic mass is 10.0. The summed E-state index contributed by atoms with van der Waals surface area (Å²) in [5.74, 6) is -0.333. The largest absolute Gasteiger partial charge is 0.386 e. The van der Waals surface area contributed by atoms with Gasteiger partial charge in [0.25, 0.3) is 11.6 Å². The van der Waals surface area contributed by atoms with Crippen LogP contribution in [0.25, 0.3) is 10.8 Å². The minimum atomic E-state index is -0.501. The van der Waals surface area contributed by atoms with Gasteiger partial charge >= 0.3 is 0 Å². The Balaban J connectivity index is 1.54. The zero-order valence-electron chi connectivity index (χ0n) is 15.2. The molecule has 0 saturated heterocycles. The fourth-order valence-corrected chi connectivity index (χ4v) is 2.80. The Hall–Kier alpha value is -3.74. The highest BCUT2D eigenvalue weighted by Crippen LogP contribution is 2.20. The highest BCUT2D eigenvalue weighted by molar-refractivity contribution is 5.85. The number of hydrogen-bond acceptors (Lipinski definition) is 5. The molecular formula is C21H19N3O4. The number of benzene rings is 3. The lowest BCUT2D eigenvalue weighted by Crippen LogP contribution is -2.29. The van der Waals surface area contributed by atoms with Gasteiger partial charge in [-0.15, -0.1) is 0 Å². The van der Waals surface area contributed by atoms with Crippen molar-refractivity contribution < 1.29 is 14.6 Å². The van der Waals surface area contributed by atoms with Crippen LogP contribution in [-0.2, 0) is 9.63 Å². The summed E-state index contributed by atoms with van der Waals surface area (Å²) in [6.07, 6.45) is 1.22. The molecule has 0 saturated carbocycles. The van der Waals surface area contributed by atoms with Gasteiger partial charge in [-0.3, -0.25) is 14.9 Å². The molecule has 28 heavy (non-hydrogen) atoms. The van der Waals surface area contributed by atoms with Crippen molar-refractivity contribution in [3.63, 3.8) is 0 Å². The Kier molecular flexibility index (Phi) is 5.96. The molecule has 0 aromatic heterocycles. The Morgan fingerprint density at radius 3 is 2.64 bits per heavy atom. The van der Waals surface area contributed by atoms with Crippen LogP contribution in [0.1, 0.15) is 24.1 Å². The van der Waals surface area contributed by atoms with Gasteiger partial charge in [0.2, 0.25) is 0 Å². The first-order valence-electron chi connectivity index (χ1n) is 8.71. The van der Waals surface area contributed by atoms with Gasteiger partial charge in [-0.25, -0.2) is 0 Å². The molecule has 1 N–H and O–H groups in total. The molecule has 3 aromatic carbocycles. The highest BCUT2D eigenvalue weighted by atomic mass is 16.6. The molecule has 142 valence electrons. The molecule has 0 bridgehead atoms. The van der Waals surface area contributed by atoms with Crippen molar-refractivity contribution >= 4 is 28.6 Å². The van der Waals surface area contributed by atoms with E-state index in [4.69, 9.17) is 4.84 Å². The summed E-state index contributed by atoms with van der Waals surface area (Å²) < 4.78 is 0. The number of rotatable bonds is 7. The van der Waals surface area contributed by atoms with E-state index in [-0.39, 0.29) is 24.2 Å². The van der Waals surface area contributed by atoms with Gasteiger partial charge in [0.1, 0.15) is 0 Å². The van der Waals surface area contributed by atoms with Gasteiger partial charge in [-0.1, -0.05) is 53.7 Å². The molecule has 0 aliphatic rings. The normalized spacial score (nSPS) is 12.0. The molecular weight excluding hydrogens is 358 g/mol. The summed E-state index contributed by atoms with van der Waals surface area (Å²) in [4.78, 5) is 27.5. The molecule has 7 heteroatoms. The van der Waals surface area contributed by atoms with E-state index < -0.39 is 4.92 Å². The standard InChI is InChI=1S/C21H19N3O4/c1-15(17-11-10-16-6-2-3-7-18(16)12-17)23-21(25)14-28-22-13-19-8-4-5-9-20(19)24(26)27/h2-13,15H,14H2,1H3,(H,23,25)/b22-13+. The highest BCUT2D eigenvalue weighted by Gasteiger charge is 2.12. The quantitative estimate of drug-likeness (QED) is 0.383. The summed E-state index contributed by atoms with van der Waals surface area (Å²) in [5.41, 5.74) is 1.21. The lowest BCUT2D eigenvalue weighted by molar-refractivity contribution is -0.385. The van der Waals surface area contributed by atoms with Gasteiger partial charge in [0.05, 0.1) is 22.7 Å². The van der Waals surface area contributed by atoms with E-state index in [0.29, 0.717) is 5.56 Å². The number of nitrogens with zero attached hydrogens (tertiary/aromatic N) is 2. The Bertz CT molecular complexity index is 1030. The second-order valence-corrected chi connectivity index (χ2v) is 6.22. The van der Waals surface area contributed by atoms with Gasteiger partial charge in [-0.05, 0) is 35.4 Å². The van der Waals surface area contributed by atoms with E-state index in [1.165, 1.54) is 12.3 Å². The van der Waals surface area contributed by atoms with Gasteiger partial charge in [0, 0.05) is 6.07 Å². The molecule has 7 nitrogen and oxygen atoms in total. The second kappa shape index (κ2) is 8.77. The Labute approximate surface area is 161 Å². The lowest BCUT2D eigenvalue weighted by Gasteiger charge is -2.14. The Morgan fingerprint density at radius 2 is 1.86 bits per heavy atom. The van der Waals surface area contributed by atoms with Crippen molar-refractivity contribution in [2.75, 3.05) is 6.61 Å². The van der Waals surface area contributed by atoms with Crippen LogP contribution >= 0.6 is 0 Å². The summed E-state index contributed by atoms with van der Waals surface area (Å²) in [6.45, 7) is 1.60. The molecule has 0 radical (unpaired) electrons. The van der Waals surface area contributed by atoms with Gasteiger partial charge in [0.15, 0.2) is 6.61 Å². The van der Waals surface area contributed by atoms with Crippen molar-refractivity contribution in [3.8, 4) is 0 Å². The van der Waals surface area contributed by atoms with Crippen LogP contribution in [0.5, 0.6) is 0 Å². The molecule has 3 aromatic rings. The third-order valence-corrected chi connectivity index (χ3v) is 4.25. The average Bonchev–Trinajstić information content (AvgIpc) is 2.71. The number of hydrogen-bond donors (Lipinski definition) is 1. The van der Waals surface area contributed by atoms with Crippen LogP contribution in [-0.4, -0.2) is 23.7 Å². The molecule has 0 heterocycles. The fourth-order valence-electron chi connectivity index (χ4n) is 2.80. The van der Waals surface area contributed by atoms with Crippen molar-refractivity contribution in [1.29, 1.82) is 0 Å². The predicted octanol–water partition coefficient (Wildman–Crippen LogP) is 3.98. The molecule has 0 fully saturated rings. The van der Waals surface area contributed by atoms with Crippen molar-refractivity contribution in [3.05, 3.63) is 88.0 Å². The van der Waals surface area contributed by atoms with Crippen LogP contribution in [0.2, 0.25) is 0 Å². The van der Waals surface area contributed by atoms with E-state index in [0.717, 1.165) is 16.3 Å². The molecule has 0 spiro atoms. The van der Waals surface area contributed by atoms with Crippen LogP contribution < -0.4 is 5.32 Å². The third-order valence-electron chi connectivity index (χ3n) is 4.25. The zero-order chi connectivity index (χ0) is 19.9. The number of fused-ring (bicyclic) bond motifs is 1. The smallest absolute Gasteiger partial charge is 0.278 e. The number of nitrogens with one attached hydrogen (secondary N) is 1. The third kappa shape index (κ3) is 4.70. The van der Waals surface area contributed by atoms with Gasteiger partial charge in [-0.2, -0.15) is 0 Å². The second-order valence-electron chi connectivity index (χ2n) is 6.22. The maximum Gasteiger partial charge on any atom is 0.278 e. The maximum atomic E-state index is 12.1. The molecule has 1 atom stereocenters. The summed E-state index contributed by atoms with van der Waals surface area (Å²) in [7, 11) is 0. The minimum Gasteiger partial charge on any atom is -0.386 e. The Morgan fingerprint density at radius 1 is 1.14 bits per heavy atom. The van der Waals surface area contributed by atoms with Crippen molar-refractivity contribution in [2.45, 2.75) is 13.0 Å². The predicted molar refractivity (Wildman–Crippen MR) is 107 cm³/mol. The van der Waals surface area contributed by atoms with Crippen molar-refractivity contribution in [1.82, 2.24) is 5.32 Å². The minimum absolute atomic E-state index is 0.0794. The van der Waals surface area contributed by atoms with Crippen LogP contribution in [0, 0.1) is 10.1 Å². The van der Waals surface area contributed by atoms with E-state index in [1.54, 1.807) is 18.2 Å². The molecule has 1 unspecified atom stereocenters. The molecule has 1 amide bonds. The summed E-state index contributed by atoms with van der Waals surface area (Å²) in [5, 5.41) is 19.7. The van der Waals surface area contributed by atoms with E-state index in [1.807, 2.05) is 49.4 Å². The number of amides is 1. The van der Waals surface area contributed by atoms with Crippen LogP contribution in [0.15, 0.2) is 71.9 Å². The number of carbonyl (C=O) groups excluding carboxylic acids is 1. The SMILES string of the molecule is CC(NC(=O)CO/N=C/c1ccccc1[N+](=O)[O-])c1ccc2ccccc2c1.